The lowest BCUT2D eigenvalue weighted by Crippen LogP contribution is -2.24. The summed E-state index contributed by atoms with van der Waals surface area (Å²) in [5, 5.41) is 17.9. The van der Waals surface area contributed by atoms with Gasteiger partial charge in [0.1, 0.15) is 12.1 Å². The minimum absolute atomic E-state index is 0.114. The van der Waals surface area contributed by atoms with Gasteiger partial charge in [0.25, 0.3) is 5.78 Å². The van der Waals surface area contributed by atoms with E-state index in [1.54, 1.807) is 4.52 Å². The standard InChI is InChI=1S/C20H25N5O/c26-18-11-5-4-9-16(18)10-6-12-21-19-13-17(15-7-2-1-3-8-15)24-20-22-14-23-25(19)20/h1-3,7-8,13-14,16,18,21,26H,4-6,9-12H2. The summed E-state index contributed by atoms with van der Waals surface area (Å²) in [6, 6.07) is 12.1. The van der Waals surface area contributed by atoms with Crippen LogP contribution in [0.15, 0.2) is 42.7 Å². The van der Waals surface area contributed by atoms with Crippen LogP contribution in [0.1, 0.15) is 38.5 Å². The van der Waals surface area contributed by atoms with Crippen molar-refractivity contribution in [3.8, 4) is 11.3 Å². The first-order valence-electron chi connectivity index (χ1n) is 9.49. The van der Waals surface area contributed by atoms with Crippen LogP contribution < -0.4 is 5.32 Å². The Balaban J connectivity index is 1.45. The molecule has 1 aliphatic rings. The Hall–Kier alpha value is -2.47. The SMILES string of the molecule is OC1CCCCC1CCCNc1cc(-c2ccccc2)nc2ncnn12. The molecule has 2 atom stereocenters. The summed E-state index contributed by atoms with van der Waals surface area (Å²) in [4.78, 5) is 8.84. The number of fused-ring (bicyclic) bond motifs is 1. The highest BCUT2D eigenvalue weighted by Gasteiger charge is 2.22. The van der Waals surface area contributed by atoms with E-state index in [1.165, 1.54) is 19.2 Å². The molecule has 1 aliphatic carbocycles. The van der Waals surface area contributed by atoms with Crippen molar-refractivity contribution in [1.82, 2.24) is 19.6 Å². The molecule has 2 aromatic heterocycles. The molecule has 136 valence electrons. The highest BCUT2D eigenvalue weighted by Crippen LogP contribution is 2.28. The number of benzene rings is 1. The lowest BCUT2D eigenvalue weighted by atomic mass is 9.83. The fourth-order valence-electron chi connectivity index (χ4n) is 3.80. The number of aliphatic hydroxyl groups is 1. The number of rotatable bonds is 6. The van der Waals surface area contributed by atoms with Crippen molar-refractivity contribution in [2.24, 2.45) is 5.92 Å². The van der Waals surface area contributed by atoms with Crippen LogP contribution in [0.5, 0.6) is 0 Å². The molecule has 1 saturated carbocycles. The van der Waals surface area contributed by atoms with Crippen molar-refractivity contribution in [2.75, 3.05) is 11.9 Å². The van der Waals surface area contributed by atoms with E-state index in [-0.39, 0.29) is 6.10 Å². The van der Waals surface area contributed by atoms with Crippen LogP contribution in [-0.4, -0.2) is 37.3 Å². The summed E-state index contributed by atoms with van der Waals surface area (Å²) in [6.07, 6.45) is 8.03. The maximum absolute atomic E-state index is 10.1. The van der Waals surface area contributed by atoms with E-state index in [9.17, 15) is 5.11 Å². The molecule has 0 spiro atoms. The predicted molar refractivity (Wildman–Crippen MR) is 102 cm³/mol. The molecule has 2 heterocycles. The Bertz CT molecular complexity index is 848. The van der Waals surface area contributed by atoms with Gasteiger partial charge < -0.3 is 10.4 Å². The molecule has 2 unspecified atom stereocenters. The second-order valence-electron chi connectivity index (χ2n) is 7.05. The first-order chi connectivity index (χ1) is 12.8. The van der Waals surface area contributed by atoms with Crippen LogP contribution in [-0.2, 0) is 0 Å². The fourth-order valence-corrected chi connectivity index (χ4v) is 3.80. The predicted octanol–water partition coefficient (Wildman–Crippen LogP) is 3.53. The fraction of sp³-hybridized carbons (Fsp3) is 0.450. The van der Waals surface area contributed by atoms with Crippen molar-refractivity contribution >= 4 is 11.6 Å². The van der Waals surface area contributed by atoms with Crippen LogP contribution in [0, 0.1) is 5.92 Å². The smallest absolute Gasteiger partial charge is 0.254 e. The van der Waals surface area contributed by atoms with E-state index in [0.29, 0.717) is 11.7 Å². The van der Waals surface area contributed by atoms with Gasteiger partial charge in [0, 0.05) is 18.2 Å². The number of aliphatic hydroxyl groups excluding tert-OH is 1. The molecule has 0 saturated heterocycles. The first-order valence-corrected chi connectivity index (χ1v) is 9.49. The highest BCUT2D eigenvalue weighted by atomic mass is 16.3. The third-order valence-electron chi connectivity index (χ3n) is 5.25. The molecule has 0 aliphatic heterocycles. The van der Waals surface area contributed by atoms with Gasteiger partial charge in [0.2, 0.25) is 0 Å². The lowest BCUT2D eigenvalue weighted by Gasteiger charge is -2.27. The zero-order chi connectivity index (χ0) is 17.8. The van der Waals surface area contributed by atoms with Crippen LogP contribution in [0.2, 0.25) is 0 Å². The number of anilines is 1. The monoisotopic (exact) mass is 351 g/mol. The average Bonchev–Trinajstić information content (AvgIpc) is 3.16. The van der Waals surface area contributed by atoms with E-state index in [2.05, 4.69) is 20.4 Å². The number of hydrogen-bond acceptors (Lipinski definition) is 5. The number of aromatic nitrogens is 4. The second-order valence-corrected chi connectivity index (χ2v) is 7.05. The van der Waals surface area contributed by atoms with Crippen LogP contribution >= 0.6 is 0 Å². The Labute approximate surface area is 153 Å². The van der Waals surface area contributed by atoms with Gasteiger partial charge in [0.05, 0.1) is 11.8 Å². The van der Waals surface area contributed by atoms with Crippen LogP contribution in [0.25, 0.3) is 17.0 Å². The molecule has 6 heteroatoms. The molecule has 26 heavy (non-hydrogen) atoms. The third kappa shape index (κ3) is 3.70. The second kappa shape index (κ2) is 7.83. The van der Waals surface area contributed by atoms with Gasteiger partial charge in [-0.3, -0.25) is 0 Å². The van der Waals surface area contributed by atoms with Crippen molar-refractivity contribution < 1.29 is 5.11 Å². The van der Waals surface area contributed by atoms with Gasteiger partial charge >= 0.3 is 0 Å². The Kier molecular flexibility index (Phi) is 5.11. The van der Waals surface area contributed by atoms with E-state index >= 15 is 0 Å². The van der Waals surface area contributed by atoms with E-state index in [0.717, 1.165) is 49.3 Å². The molecule has 6 nitrogen and oxygen atoms in total. The summed E-state index contributed by atoms with van der Waals surface area (Å²) >= 11 is 0. The van der Waals surface area contributed by atoms with Crippen LogP contribution in [0.3, 0.4) is 0 Å². The Morgan fingerprint density at radius 2 is 2.00 bits per heavy atom. The molecular formula is C20H25N5O. The molecule has 0 amide bonds. The van der Waals surface area contributed by atoms with E-state index < -0.39 is 0 Å². The van der Waals surface area contributed by atoms with Crippen LogP contribution in [0.4, 0.5) is 5.82 Å². The van der Waals surface area contributed by atoms with Crippen molar-refractivity contribution in [1.29, 1.82) is 0 Å². The lowest BCUT2D eigenvalue weighted by molar-refractivity contribution is 0.0648. The van der Waals surface area contributed by atoms with E-state index in [4.69, 9.17) is 0 Å². The van der Waals surface area contributed by atoms with Gasteiger partial charge in [-0.1, -0.05) is 43.2 Å². The summed E-state index contributed by atoms with van der Waals surface area (Å²) in [5.74, 6) is 1.95. The minimum atomic E-state index is -0.114. The average molecular weight is 351 g/mol. The zero-order valence-corrected chi connectivity index (χ0v) is 14.9. The van der Waals surface area contributed by atoms with Gasteiger partial charge in [-0.2, -0.15) is 14.6 Å². The van der Waals surface area contributed by atoms with E-state index in [1.807, 2.05) is 36.4 Å². The number of nitrogens with zero attached hydrogens (tertiary/aromatic N) is 4. The Morgan fingerprint density at radius 3 is 2.85 bits per heavy atom. The summed E-state index contributed by atoms with van der Waals surface area (Å²) in [6.45, 7) is 0.844. The van der Waals surface area contributed by atoms with Gasteiger partial charge in [0.15, 0.2) is 0 Å². The van der Waals surface area contributed by atoms with Gasteiger partial charge in [-0.15, -0.1) is 0 Å². The van der Waals surface area contributed by atoms with Crippen molar-refractivity contribution in [3.05, 3.63) is 42.7 Å². The molecule has 0 bridgehead atoms. The quantitative estimate of drug-likeness (QED) is 0.665. The summed E-state index contributed by atoms with van der Waals surface area (Å²) in [5.41, 5.74) is 1.95. The minimum Gasteiger partial charge on any atom is -0.393 e. The first kappa shape index (κ1) is 17.0. The number of nitrogens with one attached hydrogen (secondary N) is 1. The normalized spacial score (nSPS) is 20.3. The maximum Gasteiger partial charge on any atom is 0.254 e. The molecular weight excluding hydrogens is 326 g/mol. The molecule has 4 rings (SSSR count). The molecule has 1 aromatic carbocycles. The van der Waals surface area contributed by atoms with Crippen molar-refractivity contribution in [3.63, 3.8) is 0 Å². The number of hydrogen-bond donors (Lipinski definition) is 2. The summed E-state index contributed by atoms with van der Waals surface area (Å²) < 4.78 is 1.74. The third-order valence-corrected chi connectivity index (χ3v) is 5.25. The zero-order valence-electron chi connectivity index (χ0n) is 14.9. The topological polar surface area (TPSA) is 75.3 Å². The van der Waals surface area contributed by atoms with Gasteiger partial charge in [-0.05, 0) is 31.6 Å². The molecule has 0 radical (unpaired) electrons. The Morgan fingerprint density at radius 1 is 1.15 bits per heavy atom. The molecule has 1 fully saturated rings. The van der Waals surface area contributed by atoms with Gasteiger partial charge in [-0.25, -0.2) is 4.98 Å². The highest BCUT2D eigenvalue weighted by molar-refractivity contribution is 5.65. The molecule has 3 aromatic rings. The van der Waals surface area contributed by atoms with Crippen molar-refractivity contribution in [2.45, 2.75) is 44.6 Å². The molecule has 2 N–H and O–H groups in total. The summed E-state index contributed by atoms with van der Waals surface area (Å²) in [7, 11) is 0. The largest absolute Gasteiger partial charge is 0.393 e. The maximum atomic E-state index is 10.1.